The van der Waals surface area contributed by atoms with Crippen LogP contribution in [0.5, 0.6) is 0 Å². The molecule has 0 saturated heterocycles. The summed E-state index contributed by atoms with van der Waals surface area (Å²) in [5.41, 5.74) is 0. The van der Waals surface area contributed by atoms with E-state index in [1.807, 2.05) is 6.92 Å². The first kappa shape index (κ1) is 14.5. The lowest BCUT2D eigenvalue weighted by Gasteiger charge is -2.20. The molecule has 0 bridgehead atoms. The maximum Gasteiger partial charge on any atom is 0.325 e. The molecule has 0 radical (unpaired) electrons. The molecule has 100 valence electrons. The zero-order chi connectivity index (χ0) is 12.5. The van der Waals surface area contributed by atoms with E-state index in [1.54, 1.807) is 7.05 Å². The number of hydrogen-bond acceptors (Lipinski definition) is 4. The fraction of sp³-hybridized carbons (Fsp3) is 0.923. The summed E-state index contributed by atoms with van der Waals surface area (Å²) in [5.74, 6) is -0.219. The van der Waals surface area contributed by atoms with Crippen molar-refractivity contribution in [3.63, 3.8) is 0 Å². The number of rotatable bonds is 6. The number of carbonyl (C=O) groups is 1. The van der Waals surface area contributed by atoms with Crippen molar-refractivity contribution >= 4 is 5.97 Å². The van der Waals surface area contributed by atoms with E-state index in [0.717, 1.165) is 12.8 Å². The normalized spacial score (nSPS) is 19.6. The van der Waals surface area contributed by atoms with Gasteiger partial charge in [-0.2, -0.15) is 0 Å². The fourth-order valence-corrected chi connectivity index (χ4v) is 2.15. The van der Waals surface area contributed by atoms with Crippen LogP contribution in [0.3, 0.4) is 0 Å². The maximum atomic E-state index is 11.6. The molecule has 17 heavy (non-hydrogen) atoms. The number of hydrogen-bond donors (Lipinski definition) is 1. The number of nitrogens with one attached hydrogen (secondary N) is 1. The van der Waals surface area contributed by atoms with Crippen LogP contribution in [-0.4, -0.2) is 38.4 Å². The zero-order valence-electron chi connectivity index (χ0n) is 11.0. The average molecular weight is 243 g/mol. The molecule has 1 N–H and O–H groups in total. The maximum absolute atomic E-state index is 11.6. The van der Waals surface area contributed by atoms with Crippen LogP contribution in [0.15, 0.2) is 0 Å². The second kappa shape index (κ2) is 8.48. The molecule has 0 spiro atoms. The second-order valence-electron chi connectivity index (χ2n) is 4.54. The molecule has 4 nitrogen and oxygen atoms in total. The Morgan fingerprint density at radius 2 is 1.94 bits per heavy atom. The van der Waals surface area contributed by atoms with E-state index >= 15 is 0 Å². The zero-order valence-corrected chi connectivity index (χ0v) is 11.0. The van der Waals surface area contributed by atoms with E-state index in [0.29, 0.717) is 19.3 Å². The first-order chi connectivity index (χ1) is 8.27. The lowest BCUT2D eigenvalue weighted by molar-refractivity contribution is -0.147. The quantitative estimate of drug-likeness (QED) is 0.571. The second-order valence-corrected chi connectivity index (χ2v) is 4.54. The molecule has 0 heterocycles. The molecule has 0 aliphatic heterocycles. The number of esters is 1. The van der Waals surface area contributed by atoms with Crippen molar-refractivity contribution in [2.75, 3.05) is 20.3 Å². The largest absolute Gasteiger partial charge is 0.465 e. The highest BCUT2D eigenvalue weighted by atomic mass is 16.5. The van der Waals surface area contributed by atoms with E-state index in [1.165, 1.54) is 25.7 Å². The molecule has 0 aromatic rings. The van der Waals surface area contributed by atoms with Gasteiger partial charge in [-0.3, -0.25) is 4.79 Å². The first-order valence-corrected chi connectivity index (χ1v) is 6.73. The molecule has 1 rings (SSSR count). The molecule has 1 aliphatic carbocycles. The highest BCUT2D eigenvalue weighted by molar-refractivity contribution is 5.75. The Labute approximate surface area is 104 Å². The SMILES string of the molecule is CCOC(=O)C(COC1CCCCCC1)NC. The van der Waals surface area contributed by atoms with Crippen LogP contribution in [0, 0.1) is 0 Å². The highest BCUT2D eigenvalue weighted by Crippen LogP contribution is 2.19. The van der Waals surface area contributed by atoms with Crippen LogP contribution >= 0.6 is 0 Å². The van der Waals surface area contributed by atoms with Gasteiger partial charge in [-0.05, 0) is 26.8 Å². The van der Waals surface area contributed by atoms with Gasteiger partial charge in [0.25, 0.3) is 0 Å². The van der Waals surface area contributed by atoms with E-state index < -0.39 is 0 Å². The molecule has 1 aliphatic rings. The van der Waals surface area contributed by atoms with Crippen molar-refractivity contribution in [2.45, 2.75) is 57.6 Å². The first-order valence-electron chi connectivity index (χ1n) is 6.73. The molecule has 0 aromatic heterocycles. The van der Waals surface area contributed by atoms with Crippen molar-refractivity contribution in [1.82, 2.24) is 5.32 Å². The van der Waals surface area contributed by atoms with E-state index in [9.17, 15) is 4.79 Å². The van der Waals surface area contributed by atoms with Crippen LogP contribution in [0.1, 0.15) is 45.4 Å². The van der Waals surface area contributed by atoms with Crippen molar-refractivity contribution in [1.29, 1.82) is 0 Å². The van der Waals surface area contributed by atoms with Gasteiger partial charge in [-0.25, -0.2) is 0 Å². The minimum atomic E-state index is -0.335. The smallest absolute Gasteiger partial charge is 0.325 e. The van der Waals surface area contributed by atoms with Crippen molar-refractivity contribution in [2.24, 2.45) is 0 Å². The average Bonchev–Trinajstić information content (AvgIpc) is 2.59. The Hall–Kier alpha value is -0.610. The number of likely N-dealkylation sites (N-methyl/N-ethyl adjacent to an activating group) is 1. The lowest BCUT2D eigenvalue weighted by Crippen LogP contribution is -2.40. The topological polar surface area (TPSA) is 47.6 Å². The Morgan fingerprint density at radius 1 is 1.29 bits per heavy atom. The van der Waals surface area contributed by atoms with Gasteiger partial charge in [0.05, 0.1) is 19.3 Å². The standard InChI is InChI=1S/C13H25NO3/c1-3-16-13(15)12(14-2)10-17-11-8-6-4-5-7-9-11/h11-12,14H,3-10H2,1-2H3. The lowest BCUT2D eigenvalue weighted by atomic mass is 10.1. The van der Waals surface area contributed by atoms with Gasteiger partial charge < -0.3 is 14.8 Å². The summed E-state index contributed by atoms with van der Waals surface area (Å²) in [6, 6.07) is -0.335. The summed E-state index contributed by atoms with van der Waals surface area (Å²) in [4.78, 5) is 11.6. The Kier molecular flexibility index (Phi) is 7.21. The third kappa shape index (κ3) is 5.50. The van der Waals surface area contributed by atoms with Crippen molar-refractivity contribution < 1.29 is 14.3 Å². The molecule has 4 heteroatoms. The van der Waals surface area contributed by atoms with Gasteiger partial charge in [0.15, 0.2) is 0 Å². The van der Waals surface area contributed by atoms with Gasteiger partial charge in [-0.15, -0.1) is 0 Å². The van der Waals surface area contributed by atoms with Gasteiger partial charge in [0, 0.05) is 0 Å². The van der Waals surface area contributed by atoms with Crippen LogP contribution in [0.4, 0.5) is 0 Å². The predicted molar refractivity (Wildman–Crippen MR) is 66.9 cm³/mol. The summed E-state index contributed by atoms with van der Waals surface area (Å²) in [7, 11) is 1.76. The van der Waals surface area contributed by atoms with Crippen molar-refractivity contribution in [3.8, 4) is 0 Å². The van der Waals surface area contributed by atoms with Gasteiger partial charge >= 0.3 is 5.97 Å². The van der Waals surface area contributed by atoms with Crippen LogP contribution in [0.25, 0.3) is 0 Å². The Bertz CT molecular complexity index is 213. The predicted octanol–water partition coefficient (Wildman–Crippen LogP) is 1.88. The molecule has 1 atom stereocenters. The minimum Gasteiger partial charge on any atom is -0.465 e. The van der Waals surface area contributed by atoms with Crippen LogP contribution in [-0.2, 0) is 14.3 Å². The highest BCUT2D eigenvalue weighted by Gasteiger charge is 2.20. The van der Waals surface area contributed by atoms with Crippen molar-refractivity contribution in [3.05, 3.63) is 0 Å². The van der Waals surface area contributed by atoms with E-state index in [-0.39, 0.29) is 12.0 Å². The van der Waals surface area contributed by atoms with Crippen LogP contribution < -0.4 is 5.32 Å². The third-order valence-corrected chi connectivity index (χ3v) is 3.22. The van der Waals surface area contributed by atoms with Gasteiger partial charge in [-0.1, -0.05) is 25.7 Å². The molecule has 1 fully saturated rings. The Morgan fingerprint density at radius 3 is 2.47 bits per heavy atom. The number of carbonyl (C=O) groups excluding carboxylic acids is 1. The van der Waals surface area contributed by atoms with Gasteiger partial charge in [0.1, 0.15) is 6.04 Å². The molecule has 1 saturated carbocycles. The monoisotopic (exact) mass is 243 g/mol. The molecular weight excluding hydrogens is 218 g/mol. The molecule has 0 amide bonds. The summed E-state index contributed by atoms with van der Waals surface area (Å²) < 4.78 is 10.8. The fourth-order valence-electron chi connectivity index (χ4n) is 2.15. The number of ether oxygens (including phenoxy) is 2. The summed E-state index contributed by atoms with van der Waals surface area (Å²) >= 11 is 0. The van der Waals surface area contributed by atoms with E-state index in [2.05, 4.69) is 5.32 Å². The summed E-state index contributed by atoms with van der Waals surface area (Å²) in [6.07, 6.45) is 7.68. The molecule has 1 unspecified atom stereocenters. The summed E-state index contributed by atoms with van der Waals surface area (Å²) in [6.45, 7) is 2.65. The summed E-state index contributed by atoms with van der Waals surface area (Å²) in [5, 5.41) is 2.94. The third-order valence-electron chi connectivity index (χ3n) is 3.22. The van der Waals surface area contributed by atoms with E-state index in [4.69, 9.17) is 9.47 Å². The molecular formula is C13H25NO3. The van der Waals surface area contributed by atoms with Gasteiger partial charge in [0.2, 0.25) is 0 Å². The Balaban J connectivity index is 2.28. The minimum absolute atomic E-state index is 0.219. The molecule has 0 aromatic carbocycles. The van der Waals surface area contributed by atoms with Crippen LogP contribution in [0.2, 0.25) is 0 Å².